The van der Waals surface area contributed by atoms with Crippen molar-refractivity contribution in [3.8, 4) is 0 Å². The van der Waals surface area contributed by atoms with Gasteiger partial charge in [0.05, 0.1) is 18.2 Å². The molecule has 1 aliphatic heterocycles. The fourth-order valence-corrected chi connectivity index (χ4v) is 4.63. The molecule has 0 amide bonds. The summed E-state index contributed by atoms with van der Waals surface area (Å²) in [7, 11) is 0. The highest BCUT2D eigenvalue weighted by molar-refractivity contribution is 8.00. The van der Waals surface area contributed by atoms with Gasteiger partial charge in [0.2, 0.25) is 0 Å². The number of ether oxygens (including phenoxy) is 1. The molecule has 0 aromatic carbocycles. The van der Waals surface area contributed by atoms with Crippen LogP contribution in [0.4, 0.5) is 0 Å². The topological polar surface area (TPSA) is 114 Å². The van der Waals surface area contributed by atoms with E-state index in [-0.39, 0.29) is 6.61 Å². The van der Waals surface area contributed by atoms with E-state index >= 15 is 0 Å². The van der Waals surface area contributed by atoms with Crippen molar-refractivity contribution in [3.63, 3.8) is 0 Å². The molecule has 2 aromatic heterocycles. The molecule has 1 aliphatic carbocycles. The third-order valence-corrected chi connectivity index (χ3v) is 6.05. The second-order valence-corrected chi connectivity index (χ2v) is 7.55. The standard InChI is InChI=1S/C15H20N4O4S/c20-6-10-11(21)12(22)15(23-10)19-13-9(5-18-19)14(17-7-16-13)24-8-3-1-2-4-8/h5,7-8,10-12,15,20-22H,1-4,6H2/t10-,11-,12-,15?/m1/s1. The van der Waals surface area contributed by atoms with Crippen molar-refractivity contribution < 1.29 is 20.1 Å². The Labute approximate surface area is 142 Å². The summed E-state index contributed by atoms with van der Waals surface area (Å²) in [5.74, 6) is 0. The van der Waals surface area contributed by atoms with Crippen LogP contribution in [0.3, 0.4) is 0 Å². The van der Waals surface area contributed by atoms with Crippen LogP contribution in [-0.2, 0) is 4.74 Å². The molecule has 9 heteroatoms. The first kappa shape index (κ1) is 16.2. The summed E-state index contributed by atoms with van der Waals surface area (Å²) < 4.78 is 7.00. The van der Waals surface area contributed by atoms with Crippen molar-refractivity contribution in [2.75, 3.05) is 6.61 Å². The van der Waals surface area contributed by atoms with E-state index in [4.69, 9.17) is 4.74 Å². The zero-order valence-corrected chi connectivity index (χ0v) is 13.8. The SMILES string of the molecule is OC[C@H]1OC(n2ncc3c(SC4CCCC4)ncnc32)[C@H](O)[C@@H]1O. The number of rotatable bonds is 4. The smallest absolute Gasteiger partial charge is 0.181 e. The Bertz CT molecular complexity index is 721. The van der Waals surface area contributed by atoms with Crippen LogP contribution in [-0.4, -0.2) is 65.2 Å². The van der Waals surface area contributed by atoms with Crippen LogP contribution in [0.1, 0.15) is 31.9 Å². The predicted molar refractivity (Wildman–Crippen MR) is 86.4 cm³/mol. The molecule has 4 atom stereocenters. The second kappa shape index (κ2) is 6.57. The van der Waals surface area contributed by atoms with Gasteiger partial charge in [-0.25, -0.2) is 14.6 Å². The van der Waals surface area contributed by atoms with E-state index in [1.54, 1.807) is 18.0 Å². The highest BCUT2D eigenvalue weighted by Gasteiger charge is 2.44. The van der Waals surface area contributed by atoms with Gasteiger partial charge in [-0.15, -0.1) is 11.8 Å². The van der Waals surface area contributed by atoms with E-state index in [9.17, 15) is 15.3 Å². The molecular weight excluding hydrogens is 332 g/mol. The Hall–Kier alpha value is -1.26. The molecule has 3 N–H and O–H groups in total. The van der Waals surface area contributed by atoms with E-state index in [1.165, 1.54) is 36.7 Å². The molecule has 0 radical (unpaired) electrons. The number of aliphatic hydroxyl groups is 3. The maximum absolute atomic E-state index is 10.2. The third-order valence-electron chi connectivity index (χ3n) is 4.69. The van der Waals surface area contributed by atoms with Crippen molar-refractivity contribution >= 4 is 22.8 Å². The molecule has 1 saturated heterocycles. The molecule has 0 spiro atoms. The fraction of sp³-hybridized carbons (Fsp3) is 0.667. The summed E-state index contributed by atoms with van der Waals surface area (Å²) in [6.07, 6.45) is 4.01. The zero-order valence-electron chi connectivity index (χ0n) is 13.0. The lowest BCUT2D eigenvalue weighted by molar-refractivity contribution is -0.0566. The highest BCUT2D eigenvalue weighted by Crippen LogP contribution is 2.37. The molecule has 4 rings (SSSR count). The maximum Gasteiger partial charge on any atom is 0.181 e. The Morgan fingerprint density at radius 3 is 2.71 bits per heavy atom. The van der Waals surface area contributed by atoms with Gasteiger partial charge in [-0.1, -0.05) is 12.8 Å². The van der Waals surface area contributed by atoms with Gasteiger partial charge >= 0.3 is 0 Å². The monoisotopic (exact) mass is 352 g/mol. The average Bonchev–Trinajstić information content (AvgIpc) is 3.30. The molecule has 2 aromatic rings. The second-order valence-electron chi connectivity index (χ2n) is 6.26. The van der Waals surface area contributed by atoms with E-state index in [2.05, 4.69) is 15.1 Å². The van der Waals surface area contributed by atoms with Crippen LogP contribution < -0.4 is 0 Å². The fourth-order valence-electron chi connectivity index (χ4n) is 3.37. The summed E-state index contributed by atoms with van der Waals surface area (Å²) in [4.78, 5) is 8.65. The first-order chi connectivity index (χ1) is 11.7. The summed E-state index contributed by atoms with van der Waals surface area (Å²) >= 11 is 1.75. The van der Waals surface area contributed by atoms with Crippen molar-refractivity contribution in [3.05, 3.63) is 12.5 Å². The van der Waals surface area contributed by atoms with Gasteiger partial charge < -0.3 is 20.1 Å². The minimum absolute atomic E-state index is 0.369. The van der Waals surface area contributed by atoms with Crippen molar-refractivity contribution in [2.24, 2.45) is 0 Å². The lowest BCUT2D eigenvalue weighted by Crippen LogP contribution is -2.33. The molecule has 24 heavy (non-hydrogen) atoms. The minimum atomic E-state index is -1.17. The summed E-state index contributed by atoms with van der Waals surface area (Å²) in [6, 6.07) is 0. The summed E-state index contributed by atoms with van der Waals surface area (Å²) in [6.45, 7) is -0.369. The largest absolute Gasteiger partial charge is 0.394 e. The number of aliphatic hydroxyl groups excluding tert-OH is 3. The van der Waals surface area contributed by atoms with Gasteiger partial charge in [-0.3, -0.25) is 0 Å². The van der Waals surface area contributed by atoms with Crippen molar-refractivity contribution in [1.82, 2.24) is 19.7 Å². The van der Waals surface area contributed by atoms with E-state index in [1.807, 2.05) is 0 Å². The van der Waals surface area contributed by atoms with Gasteiger partial charge in [-0.2, -0.15) is 5.10 Å². The Morgan fingerprint density at radius 1 is 1.21 bits per heavy atom. The number of hydrogen-bond donors (Lipinski definition) is 3. The molecule has 2 fully saturated rings. The lowest BCUT2D eigenvalue weighted by Gasteiger charge is -2.15. The Balaban J connectivity index is 1.65. The van der Waals surface area contributed by atoms with Gasteiger partial charge in [0.15, 0.2) is 11.9 Å². The molecule has 8 nitrogen and oxygen atoms in total. The first-order valence-corrected chi connectivity index (χ1v) is 9.04. The van der Waals surface area contributed by atoms with Crippen molar-refractivity contribution in [2.45, 2.75) is 60.5 Å². The average molecular weight is 352 g/mol. The van der Waals surface area contributed by atoms with Crippen LogP contribution in [0.2, 0.25) is 0 Å². The van der Waals surface area contributed by atoms with Crippen LogP contribution >= 0.6 is 11.8 Å². The number of fused-ring (bicyclic) bond motifs is 1. The normalized spacial score (nSPS) is 31.3. The van der Waals surface area contributed by atoms with Crippen LogP contribution in [0, 0.1) is 0 Å². The van der Waals surface area contributed by atoms with Crippen LogP contribution in [0.25, 0.3) is 11.0 Å². The molecule has 2 aliphatic rings. The van der Waals surface area contributed by atoms with Crippen molar-refractivity contribution in [1.29, 1.82) is 0 Å². The quantitative estimate of drug-likeness (QED) is 0.681. The summed E-state index contributed by atoms with van der Waals surface area (Å²) in [5.41, 5.74) is 0.556. The molecular formula is C15H20N4O4S. The zero-order chi connectivity index (χ0) is 16.7. The highest BCUT2D eigenvalue weighted by atomic mass is 32.2. The van der Waals surface area contributed by atoms with Crippen LogP contribution in [0.15, 0.2) is 17.6 Å². The summed E-state index contributed by atoms with van der Waals surface area (Å²) in [5, 5.41) is 35.9. The molecule has 1 unspecified atom stereocenters. The molecule has 130 valence electrons. The minimum Gasteiger partial charge on any atom is -0.394 e. The Kier molecular flexibility index (Phi) is 4.44. The van der Waals surface area contributed by atoms with Gasteiger partial charge in [0, 0.05) is 5.25 Å². The van der Waals surface area contributed by atoms with Gasteiger partial charge in [0.1, 0.15) is 29.7 Å². The lowest BCUT2D eigenvalue weighted by atomic mass is 10.1. The first-order valence-electron chi connectivity index (χ1n) is 8.16. The van der Waals surface area contributed by atoms with E-state index < -0.39 is 24.5 Å². The number of nitrogens with zero attached hydrogens (tertiary/aromatic N) is 4. The van der Waals surface area contributed by atoms with Gasteiger partial charge in [-0.05, 0) is 12.8 Å². The van der Waals surface area contributed by atoms with E-state index in [0.29, 0.717) is 10.9 Å². The van der Waals surface area contributed by atoms with E-state index in [0.717, 1.165) is 10.4 Å². The molecule has 0 bridgehead atoms. The number of hydrogen-bond acceptors (Lipinski definition) is 8. The number of aromatic nitrogens is 4. The van der Waals surface area contributed by atoms with Crippen LogP contribution in [0.5, 0.6) is 0 Å². The predicted octanol–water partition coefficient (Wildman–Crippen LogP) is 0.472. The molecule has 3 heterocycles. The third kappa shape index (κ3) is 2.70. The molecule has 1 saturated carbocycles. The van der Waals surface area contributed by atoms with Gasteiger partial charge in [0.25, 0.3) is 0 Å². The number of thioether (sulfide) groups is 1. The maximum atomic E-state index is 10.2. The Morgan fingerprint density at radius 2 is 2.00 bits per heavy atom.